The zero-order chi connectivity index (χ0) is 16.6. The summed E-state index contributed by atoms with van der Waals surface area (Å²) in [6.07, 6.45) is 15.6. The maximum Gasteiger partial charge on any atom is 0.0540 e. The first-order valence-corrected chi connectivity index (χ1v) is 9.46. The second kappa shape index (κ2) is 15.3. The van der Waals surface area contributed by atoms with Crippen LogP contribution in [0.15, 0.2) is 0 Å². The van der Waals surface area contributed by atoms with E-state index in [9.17, 15) is 15.0 Å². The van der Waals surface area contributed by atoms with E-state index in [-0.39, 0.29) is 12.0 Å². The molecule has 0 spiro atoms. The molecule has 0 aromatic heterocycles. The van der Waals surface area contributed by atoms with E-state index in [4.69, 9.17) is 0 Å². The Kier molecular flexibility index (Phi) is 14.9. The van der Waals surface area contributed by atoms with E-state index in [1.807, 2.05) is 0 Å². The van der Waals surface area contributed by atoms with Gasteiger partial charge in [0.2, 0.25) is 0 Å². The molecule has 2 atom stereocenters. The number of carboxylic acid groups (broad SMARTS) is 1. The van der Waals surface area contributed by atoms with Gasteiger partial charge in [-0.1, -0.05) is 84.5 Å². The topological polar surface area (TPSA) is 60.4 Å². The van der Waals surface area contributed by atoms with Crippen LogP contribution in [0.2, 0.25) is 0 Å². The lowest BCUT2D eigenvalue weighted by molar-refractivity contribution is -0.311. The van der Waals surface area contributed by atoms with Crippen LogP contribution in [0.25, 0.3) is 0 Å². The van der Waals surface area contributed by atoms with Crippen LogP contribution in [0.3, 0.4) is 0 Å². The molecule has 0 saturated heterocycles. The summed E-state index contributed by atoms with van der Waals surface area (Å²) in [6.45, 7) is 3.93. The van der Waals surface area contributed by atoms with Gasteiger partial charge in [0.1, 0.15) is 0 Å². The number of aliphatic hydroxyl groups excluding tert-OH is 1. The summed E-state index contributed by atoms with van der Waals surface area (Å²) < 4.78 is 0. The number of aliphatic hydroxyl groups is 1. The molecule has 0 aliphatic rings. The third-order valence-electron chi connectivity index (χ3n) is 4.47. The number of hydrogen-bond donors (Lipinski definition) is 1. The quantitative estimate of drug-likeness (QED) is 0.434. The first kappa shape index (κ1) is 21.4. The van der Waals surface area contributed by atoms with Crippen LogP contribution in [0.1, 0.15) is 104 Å². The van der Waals surface area contributed by atoms with E-state index in [2.05, 4.69) is 6.92 Å². The predicted molar refractivity (Wildman–Crippen MR) is 90.5 cm³/mol. The molecule has 0 bridgehead atoms. The van der Waals surface area contributed by atoms with Crippen molar-refractivity contribution in [1.29, 1.82) is 0 Å². The molecule has 3 nitrogen and oxygen atoms in total. The van der Waals surface area contributed by atoms with Gasteiger partial charge >= 0.3 is 0 Å². The average molecular weight is 314 g/mol. The number of hydrogen-bond acceptors (Lipinski definition) is 3. The number of carbonyl (C=O) groups is 1. The van der Waals surface area contributed by atoms with Crippen LogP contribution in [0.5, 0.6) is 0 Å². The monoisotopic (exact) mass is 313 g/mol. The summed E-state index contributed by atoms with van der Waals surface area (Å²) in [5.74, 6) is -1.23. The van der Waals surface area contributed by atoms with Crippen molar-refractivity contribution in [2.75, 3.05) is 0 Å². The maximum atomic E-state index is 10.6. The lowest BCUT2D eigenvalue weighted by Gasteiger charge is -2.11. The van der Waals surface area contributed by atoms with Gasteiger partial charge in [-0.2, -0.15) is 0 Å². The molecule has 1 N–H and O–H groups in total. The van der Waals surface area contributed by atoms with E-state index >= 15 is 0 Å². The molecule has 2 unspecified atom stereocenters. The second-order valence-corrected chi connectivity index (χ2v) is 6.78. The Morgan fingerprint density at radius 2 is 1.23 bits per heavy atom. The lowest BCUT2D eigenvalue weighted by Crippen LogP contribution is -2.29. The Balaban J connectivity index is 3.21. The van der Waals surface area contributed by atoms with Crippen LogP contribution in [-0.2, 0) is 4.79 Å². The fraction of sp³-hybridized carbons (Fsp3) is 0.947. The molecule has 0 fully saturated rings. The van der Waals surface area contributed by atoms with Crippen LogP contribution in [0.4, 0.5) is 0 Å². The Hall–Kier alpha value is -0.570. The molecule has 0 saturated carbocycles. The van der Waals surface area contributed by atoms with Crippen molar-refractivity contribution < 1.29 is 15.0 Å². The number of aliphatic carboxylic acids is 1. The summed E-state index contributed by atoms with van der Waals surface area (Å²) >= 11 is 0. The normalized spacial score (nSPS) is 14.0. The van der Waals surface area contributed by atoms with Gasteiger partial charge in [-0.3, -0.25) is 0 Å². The van der Waals surface area contributed by atoms with E-state index in [1.165, 1.54) is 51.4 Å². The minimum Gasteiger partial charge on any atom is -0.550 e. The largest absolute Gasteiger partial charge is 0.550 e. The first-order valence-electron chi connectivity index (χ1n) is 9.46. The minimum absolute atomic E-state index is 0.0945. The van der Waals surface area contributed by atoms with Crippen molar-refractivity contribution in [3.05, 3.63) is 0 Å². The lowest BCUT2D eigenvalue weighted by atomic mass is 10.0. The smallest absolute Gasteiger partial charge is 0.0540 e. The van der Waals surface area contributed by atoms with Gasteiger partial charge in [-0.25, -0.2) is 0 Å². The number of rotatable bonds is 16. The number of unbranched alkanes of at least 4 members (excludes halogenated alkanes) is 9. The fourth-order valence-electron chi connectivity index (χ4n) is 2.78. The van der Waals surface area contributed by atoms with Crippen LogP contribution in [-0.4, -0.2) is 17.2 Å². The SMILES string of the molecule is CCCCCCC(O)CCCCCCCCCC(C)C(=O)[O-]. The van der Waals surface area contributed by atoms with Crippen molar-refractivity contribution in [2.45, 2.75) is 110 Å². The molecule has 22 heavy (non-hydrogen) atoms. The molecule has 0 radical (unpaired) electrons. The summed E-state index contributed by atoms with van der Waals surface area (Å²) in [5.41, 5.74) is 0. The fourth-order valence-corrected chi connectivity index (χ4v) is 2.78. The first-order chi connectivity index (χ1) is 10.6. The van der Waals surface area contributed by atoms with Gasteiger partial charge in [-0.05, 0) is 25.2 Å². The third-order valence-corrected chi connectivity index (χ3v) is 4.47. The van der Waals surface area contributed by atoms with E-state index in [0.29, 0.717) is 0 Å². The Bertz CT molecular complexity index is 253. The summed E-state index contributed by atoms with van der Waals surface area (Å²) in [5, 5.41) is 20.4. The predicted octanol–water partition coefficient (Wildman–Crippen LogP) is 4.21. The van der Waals surface area contributed by atoms with Crippen LogP contribution >= 0.6 is 0 Å². The average Bonchev–Trinajstić information content (AvgIpc) is 2.49. The molecule has 0 amide bonds. The Labute approximate surface area is 137 Å². The molecule has 0 aromatic carbocycles. The van der Waals surface area contributed by atoms with Crippen molar-refractivity contribution in [2.24, 2.45) is 5.92 Å². The van der Waals surface area contributed by atoms with E-state index in [0.717, 1.165) is 38.5 Å². The summed E-state index contributed by atoms with van der Waals surface area (Å²) in [6, 6.07) is 0. The van der Waals surface area contributed by atoms with Crippen molar-refractivity contribution >= 4 is 5.97 Å². The summed E-state index contributed by atoms with van der Waals surface area (Å²) in [7, 11) is 0. The standard InChI is InChI=1S/C19H38O3/c1-3-4-5-12-15-18(20)16-13-10-8-6-7-9-11-14-17(2)19(21)22/h17-18,20H,3-16H2,1-2H3,(H,21,22)/p-1. The Morgan fingerprint density at radius 1 is 0.818 bits per heavy atom. The zero-order valence-corrected chi connectivity index (χ0v) is 14.8. The van der Waals surface area contributed by atoms with E-state index in [1.54, 1.807) is 6.92 Å². The van der Waals surface area contributed by atoms with Crippen molar-refractivity contribution in [3.63, 3.8) is 0 Å². The molecule has 0 aromatic rings. The molecule has 3 heteroatoms. The highest BCUT2D eigenvalue weighted by Gasteiger charge is 2.04. The summed E-state index contributed by atoms with van der Waals surface area (Å²) in [4.78, 5) is 10.6. The van der Waals surface area contributed by atoms with Crippen molar-refractivity contribution in [3.8, 4) is 0 Å². The van der Waals surface area contributed by atoms with Gasteiger partial charge in [-0.15, -0.1) is 0 Å². The molecular weight excluding hydrogens is 276 g/mol. The molecule has 0 aliphatic carbocycles. The minimum atomic E-state index is -0.923. The maximum absolute atomic E-state index is 10.6. The molecular formula is C19H37O3-. The number of carboxylic acids is 1. The van der Waals surface area contributed by atoms with Gasteiger partial charge in [0, 0.05) is 5.97 Å². The van der Waals surface area contributed by atoms with E-state index < -0.39 is 5.97 Å². The molecule has 0 heterocycles. The highest BCUT2D eigenvalue weighted by molar-refractivity contribution is 5.66. The molecule has 132 valence electrons. The highest BCUT2D eigenvalue weighted by atomic mass is 16.4. The zero-order valence-electron chi connectivity index (χ0n) is 14.8. The third kappa shape index (κ3) is 14.4. The van der Waals surface area contributed by atoms with Crippen LogP contribution in [0, 0.1) is 5.92 Å². The second-order valence-electron chi connectivity index (χ2n) is 6.78. The molecule has 0 aliphatic heterocycles. The highest BCUT2D eigenvalue weighted by Crippen LogP contribution is 2.15. The van der Waals surface area contributed by atoms with Gasteiger partial charge < -0.3 is 15.0 Å². The Morgan fingerprint density at radius 3 is 1.68 bits per heavy atom. The number of carbonyl (C=O) groups excluding carboxylic acids is 1. The van der Waals surface area contributed by atoms with Gasteiger partial charge in [0.05, 0.1) is 6.10 Å². The van der Waals surface area contributed by atoms with Gasteiger partial charge in [0.25, 0.3) is 0 Å². The van der Waals surface area contributed by atoms with Crippen LogP contribution < -0.4 is 5.11 Å². The van der Waals surface area contributed by atoms with Crippen molar-refractivity contribution in [1.82, 2.24) is 0 Å². The molecule has 0 rings (SSSR count). The van der Waals surface area contributed by atoms with Gasteiger partial charge in [0.15, 0.2) is 0 Å².